The average molecular weight is 150 g/mol. The van der Waals surface area contributed by atoms with Crippen molar-refractivity contribution < 1.29 is 4.39 Å². The Balaban J connectivity index is 2.79. The van der Waals surface area contributed by atoms with Crippen LogP contribution in [0.15, 0.2) is 36.4 Å². The third kappa shape index (κ3) is 2.54. The molecule has 1 aromatic rings. The Morgan fingerprint density at radius 3 is 2.82 bits per heavy atom. The van der Waals surface area contributed by atoms with Gasteiger partial charge in [0, 0.05) is 0 Å². The van der Waals surface area contributed by atoms with Crippen LogP contribution in [0, 0.1) is 5.82 Å². The zero-order chi connectivity index (χ0) is 8.27. The Morgan fingerprint density at radius 1 is 1.55 bits per heavy atom. The lowest BCUT2D eigenvalue weighted by molar-refractivity contribution is 0.626. The van der Waals surface area contributed by atoms with Crippen molar-refractivity contribution in [2.75, 3.05) is 0 Å². The minimum absolute atomic E-state index is 0.177. The Labute approximate surface area is 66.4 Å². The molecule has 0 aliphatic carbocycles. The lowest BCUT2D eigenvalue weighted by atomic mass is 10.1. The van der Waals surface area contributed by atoms with Gasteiger partial charge in [-0.15, -0.1) is 0 Å². The first kappa shape index (κ1) is 7.99. The van der Waals surface area contributed by atoms with Crippen LogP contribution >= 0.6 is 0 Å². The molecular weight excluding hydrogens is 139 g/mol. The van der Waals surface area contributed by atoms with Gasteiger partial charge < -0.3 is 0 Å². The fraction of sp³-hybridized carbons (Fsp3) is 0.200. The molecule has 0 nitrogen and oxygen atoms in total. The number of hydrogen-bond donors (Lipinski definition) is 0. The predicted octanol–water partition coefficient (Wildman–Crippen LogP) is 2.94. The molecule has 0 saturated heterocycles. The molecule has 0 heterocycles. The van der Waals surface area contributed by atoms with Crippen molar-refractivity contribution >= 4 is 0 Å². The molecule has 0 spiro atoms. The van der Waals surface area contributed by atoms with E-state index in [9.17, 15) is 4.39 Å². The minimum atomic E-state index is -0.177. The fourth-order valence-electron chi connectivity index (χ4n) is 0.995. The quantitative estimate of drug-likeness (QED) is 0.568. The van der Waals surface area contributed by atoms with Gasteiger partial charge in [-0.3, -0.25) is 0 Å². The highest BCUT2D eigenvalue weighted by molar-refractivity contribution is 5.20. The molecule has 11 heavy (non-hydrogen) atoms. The van der Waals surface area contributed by atoms with E-state index in [-0.39, 0.29) is 5.82 Å². The fourth-order valence-corrected chi connectivity index (χ4v) is 0.995. The van der Waals surface area contributed by atoms with Crippen LogP contribution < -0.4 is 0 Å². The molecule has 0 saturated carbocycles. The third-order valence-corrected chi connectivity index (χ3v) is 1.39. The van der Waals surface area contributed by atoms with Gasteiger partial charge in [0.05, 0.1) is 0 Å². The summed E-state index contributed by atoms with van der Waals surface area (Å²) in [5.41, 5.74) is 2.04. The van der Waals surface area contributed by atoms with Gasteiger partial charge in [0.1, 0.15) is 5.82 Å². The van der Waals surface area contributed by atoms with Gasteiger partial charge in [-0.05, 0) is 31.0 Å². The maximum absolute atomic E-state index is 12.6. The number of benzene rings is 1. The van der Waals surface area contributed by atoms with Crippen LogP contribution in [0.4, 0.5) is 4.39 Å². The topological polar surface area (TPSA) is 0 Å². The Morgan fingerprint density at radius 2 is 2.27 bits per heavy atom. The summed E-state index contributed by atoms with van der Waals surface area (Å²) in [5.74, 6) is -0.177. The van der Waals surface area contributed by atoms with E-state index >= 15 is 0 Å². The monoisotopic (exact) mass is 150 g/mol. The van der Waals surface area contributed by atoms with Crippen LogP contribution in [0.5, 0.6) is 0 Å². The zero-order valence-corrected chi connectivity index (χ0v) is 6.60. The second-order valence-electron chi connectivity index (χ2n) is 2.76. The van der Waals surface area contributed by atoms with Crippen molar-refractivity contribution in [2.24, 2.45) is 0 Å². The molecule has 0 amide bonds. The van der Waals surface area contributed by atoms with Crippen molar-refractivity contribution in [3.05, 3.63) is 47.8 Å². The van der Waals surface area contributed by atoms with E-state index in [4.69, 9.17) is 0 Å². The lowest BCUT2D eigenvalue weighted by Gasteiger charge is -1.98. The van der Waals surface area contributed by atoms with Gasteiger partial charge in [0.25, 0.3) is 0 Å². The summed E-state index contributed by atoms with van der Waals surface area (Å²) in [7, 11) is 0. The minimum Gasteiger partial charge on any atom is -0.207 e. The first-order chi connectivity index (χ1) is 5.18. The van der Waals surface area contributed by atoms with E-state index in [1.54, 1.807) is 6.07 Å². The summed E-state index contributed by atoms with van der Waals surface area (Å²) in [6.45, 7) is 5.69. The lowest BCUT2D eigenvalue weighted by Crippen LogP contribution is -1.85. The molecule has 0 N–H and O–H groups in total. The molecule has 0 aliphatic heterocycles. The number of allylic oxidation sites excluding steroid dienone is 1. The summed E-state index contributed by atoms with van der Waals surface area (Å²) in [6.07, 6.45) is 0.762. The van der Waals surface area contributed by atoms with E-state index < -0.39 is 0 Å². The van der Waals surface area contributed by atoms with Gasteiger partial charge in [-0.25, -0.2) is 4.39 Å². The molecule has 58 valence electrons. The second kappa shape index (κ2) is 3.33. The van der Waals surface area contributed by atoms with E-state index in [2.05, 4.69) is 6.58 Å². The molecule has 0 bridgehead atoms. The molecule has 0 fully saturated rings. The van der Waals surface area contributed by atoms with Crippen molar-refractivity contribution in [1.29, 1.82) is 0 Å². The maximum Gasteiger partial charge on any atom is 0.123 e. The van der Waals surface area contributed by atoms with Gasteiger partial charge in [-0.2, -0.15) is 0 Å². The van der Waals surface area contributed by atoms with Gasteiger partial charge in [-0.1, -0.05) is 24.3 Å². The van der Waals surface area contributed by atoms with Crippen LogP contribution in [-0.4, -0.2) is 0 Å². The smallest absolute Gasteiger partial charge is 0.123 e. The van der Waals surface area contributed by atoms with E-state index in [1.807, 2.05) is 13.0 Å². The van der Waals surface area contributed by atoms with Crippen LogP contribution in [0.1, 0.15) is 12.5 Å². The molecule has 0 atom stereocenters. The SMILES string of the molecule is C=C(C)Cc1cccc(F)c1. The number of halogens is 1. The highest BCUT2D eigenvalue weighted by atomic mass is 19.1. The summed E-state index contributed by atoms with van der Waals surface area (Å²) < 4.78 is 12.6. The summed E-state index contributed by atoms with van der Waals surface area (Å²) in [6, 6.07) is 6.60. The molecule has 0 unspecified atom stereocenters. The molecule has 0 radical (unpaired) electrons. The molecule has 1 heteroatoms. The maximum atomic E-state index is 12.6. The van der Waals surface area contributed by atoms with Crippen LogP contribution in [0.3, 0.4) is 0 Å². The standard InChI is InChI=1S/C10H11F/c1-8(2)6-9-4-3-5-10(11)7-9/h3-5,7H,1,6H2,2H3. The van der Waals surface area contributed by atoms with Gasteiger partial charge in [0.15, 0.2) is 0 Å². The van der Waals surface area contributed by atoms with Crippen molar-refractivity contribution in [3.8, 4) is 0 Å². The molecule has 0 aliphatic rings. The van der Waals surface area contributed by atoms with Gasteiger partial charge >= 0.3 is 0 Å². The van der Waals surface area contributed by atoms with Crippen LogP contribution in [0.25, 0.3) is 0 Å². The Kier molecular flexibility index (Phi) is 2.42. The van der Waals surface area contributed by atoms with Crippen molar-refractivity contribution in [2.45, 2.75) is 13.3 Å². The summed E-state index contributed by atoms with van der Waals surface area (Å²) >= 11 is 0. The summed E-state index contributed by atoms with van der Waals surface area (Å²) in [5, 5.41) is 0. The molecular formula is C10H11F. The number of hydrogen-bond acceptors (Lipinski definition) is 0. The van der Waals surface area contributed by atoms with Gasteiger partial charge in [0.2, 0.25) is 0 Å². The molecule has 1 aromatic carbocycles. The number of rotatable bonds is 2. The predicted molar refractivity (Wildman–Crippen MR) is 44.9 cm³/mol. The zero-order valence-electron chi connectivity index (χ0n) is 6.60. The Hall–Kier alpha value is -1.11. The normalized spacial score (nSPS) is 9.64. The highest BCUT2D eigenvalue weighted by Crippen LogP contribution is 2.07. The largest absolute Gasteiger partial charge is 0.207 e. The highest BCUT2D eigenvalue weighted by Gasteiger charge is 1.93. The van der Waals surface area contributed by atoms with Crippen LogP contribution in [-0.2, 0) is 6.42 Å². The van der Waals surface area contributed by atoms with Crippen molar-refractivity contribution in [1.82, 2.24) is 0 Å². The van der Waals surface area contributed by atoms with E-state index in [1.165, 1.54) is 12.1 Å². The van der Waals surface area contributed by atoms with E-state index in [0.717, 1.165) is 17.6 Å². The first-order valence-corrected chi connectivity index (χ1v) is 3.57. The molecule has 0 aromatic heterocycles. The second-order valence-corrected chi connectivity index (χ2v) is 2.76. The van der Waals surface area contributed by atoms with Crippen molar-refractivity contribution in [3.63, 3.8) is 0 Å². The first-order valence-electron chi connectivity index (χ1n) is 3.57. The summed E-state index contributed by atoms with van der Waals surface area (Å²) in [4.78, 5) is 0. The molecule has 1 rings (SSSR count). The average Bonchev–Trinajstić information content (AvgIpc) is 1.85. The third-order valence-electron chi connectivity index (χ3n) is 1.39. The van der Waals surface area contributed by atoms with Crippen LogP contribution in [0.2, 0.25) is 0 Å². The van der Waals surface area contributed by atoms with E-state index in [0.29, 0.717) is 0 Å². The Bertz CT molecular complexity index is 263.